The van der Waals surface area contributed by atoms with E-state index in [2.05, 4.69) is 22.8 Å². The Morgan fingerprint density at radius 2 is 2.15 bits per heavy atom. The summed E-state index contributed by atoms with van der Waals surface area (Å²) in [7, 11) is 0. The van der Waals surface area contributed by atoms with Gasteiger partial charge in [0.15, 0.2) is 0 Å². The van der Waals surface area contributed by atoms with Crippen LogP contribution in [0.25, 0.3) is 0 Å². The van der Waals surface area contributed by atoms with E-state index in [1.54, 1.807) is 0 Å². The number of nitrogens with one attached hydrogen (secondary N) is 2. The standard InChI is InChI=1S/C16H22N2O2/c1-16(2)13(8-14(16)19)18-15(20)11-7-10-5-3-4-6-12(10)17-9-11/h3-6,11,13-14,17,19H,7-9H2,1-2H3,(H,18,20). The van der Waals surface area contributed by atoms with Crippen molar-refractivity contribution in [2.45, 2.75) is 38.8 Å². The first-order valence-electron chi connectivity index (χ1n) is 7.28. The second-order valence-corrected chi connectivity index (χ2v) is 6.57. The molecule has 3 rings (SSSR count). The molecule has 3 N–H and O–H groups in total. The summed E-state index contributed by atoms with van der Waals surface area (Å²) < 4.78 is 0. The maximum Gasteiger partial charge on any atom is 0.225 e. The van der Waals surface area contributed by atoms with Crippen molar-refractivity contribution in [2.24, 2.45) is 11.3 Å². The summed E-state index contributed by atoms with van der Waals surface area (Å²) in [5.41, 5.74) is 2.12. The third-order valence-corrected chi connectivity index (χ3v) is 4.93. The average molecular weight is 274 g/mol. The largest absolute Gasteiger partial charge is 0.392 e. The molecule has 0 radical (unpaired) electrons. The summed E-state index contributed by atoms with van der Waals surface area (Å²) in [6.45, 7) is 4.68. The van der Waals surface area contributed by atoms with Gasteiger partial charge in [0.05, 0.1) is 12.0 Å². The molecule has 1 aliphatic carbocycles. The van der Waals surface area contributed by atoms with Gasteiger partial charge in [0.25, 0.3) is 0 Å². The number of anilines is 1. The molecule has 1 amide bonds. The summed E-state index contributed by atoms with van der Waals surface area (Å²) in [5, 5.41) is 16.2. The van der Waals surface area contributed by atoms with Crippen LogP contribution in [0.2, 0.25) is 0 Å². The van der Waals surface area contributed by atoms with Crippen molar-refractivity contribution < 1.29 is 9.90 Å². The fourth-order valence-corrected chi connectivity index (χ4v) is 3.06. The van der Waals surface area contributed by atoms with Gasteiger partial charge in [0, 0.05) is 23.7 Å². The lowest BCUT2D eigenvalue weighted by Crippen LogP contribution is -2.62. The molecule has 1 fully saturated rings. The number of para-hydroxylation sites is 1. The number of fused-ring (bicyclic) bond motifs is 1. The average Bonchev–Trinajstić information content (AvgIpc) is 2.46. The summed E-state index contributed by atoms with van der Waals surface area (Å²) in [5.74, 6) is 0.0652. The number of carbonyl (C=O) groups is 1. The molecule has 1 aromatic rings. The number of carbonyl (C=O) groups excluding carboxylic acids is 1. The van der Waals surface area contributed by atoms with E-state index < -0.39 is 0 Å². The molecule has 2 aliphatic rings. The van der Waals surface area contributed by atoms with Gasteiger partial charge in [0.2, 0.25) is 5.91 Å². The van der Waals surface area contributed by atoms with Gasteiger partial charge < -0.3 is 15.7 Å². The predicted molar refractivity (Wildman–Crippen MR) is 78.5 cm³/mol. The van der Waals surface area contributed by atoms with Crippen molar-refractivity contribution in [1.82, 2.24) is 5.32 Å². The Labute approximate surface area is 119 Å². The molecule has 1 aromatic carbocycles. The van der Waals surface area contributed by atoms with E-state index in [0.29, 0.717) is 13.0 Å². The third-order valence-electron chi connectivity index (χ3n) is 4.93. The number of hydrogen-bond donors (Lipinski definition) is 3. The topological polar surface area (TPSA) is 61.4 Å². The van der Waals surface area contributed by atoms with Crippen molar-refractivity contribution in [3.05, 3.63) is 29.8 Å². The summed E-state index contributed by atoms with van der Waals surface area (Å²) in [6, 6.07) is 8.21. The Hall–Kier alpha value is -1.55. The molecule has 4 nitrogen and oxygen atoms in total. The molecule has 3 atom stereocenters. The molecule has 0 saturated heterocycles. The van der Waals surface area contributed by atoms with E-state index in [1.165, 1.54) is 5.56 Å². The lowest BCUT2D eigenvalue weighted by atomic mass is 9.64. The molecule has 1 saturated carbocycles. The van der Waals surface area contributed by atoms with Gasteiger partial charge in [-0.25, -0.2) is 0 Å². The van der Waals surface area contributed by atoms with Gasteiger partial charge in [-0.15, -0.1) is 0 Å². The fraction of sp³-hybridized carbons (Fsp3) is 0.562. The number of amides is 1. The molecule has 108 valence electrons. The van der Waals surface area contributed by atoms with Crippen LogP contribution in [0.1, 0.15) is 25.8 Å². The van der Waals surface area contributed by atoms with Crippen LogP contribution in [0.3, 0.4) is 0 Å². The van der Waals surface area contributed by atoms with Gasteiger partial charge in [-0.1, -0.05) is 32.0 Å². The Kier molecular flexibility index (Phi) is 3.21. The summed E-state index contributed by atoms with van der Waals surface area (Å²) in [4.78, 5) is 12.4. The van der Waals surface area contributed by atoms with Gasteiger partial charge in [-0.2, -0.15) is 0 Å². The van der Waals surface area contributed by atoms with Crippen molar-refractivity contribution in [1.29, 1.82) is 0 Å². The molecule has 3 unspecified atom stereocenters. The maximum atomic E-state index is 12.4. The van der Waals surface area contributed by atoms with Gasteiger partial charge >= 0.3 is 0 Å². The van der Waals surface area contributed by atoms with E-state index >= 15 is 0 Å². The molecular formula is C16H22N2O2. The highest BCUT2D eigenvalue weighted by Gasteiger charge is 2.48. The monoisotopic (exact) mass is 274 g/mol. The quantitative estimate of drug-likeness (QED) is 0.767. The van der Waals surface area contributed by atoms with Crippen LogP contribution in [0.15, 0.2) is 24.3 Å². The van der Waals surface area contributed by atoms with Crippen molar-refractivity contribution in [2.75, 3.05) is 11.9 Å². The first-order valence-corrected chi connectivity index (χ1v) is 7.28. The SMILES string of the molecule is CC1(C)C(O)CC1NC(=O)C1CNc2ccccc2C1. The lowest BCUT2D eigenvalue weighted by Gasteiger charge is -2.49. The smallest absolute Gasteiger partial charge is 0.225 e. The van der Waals surface area contributed by atoms with E-state index in [-0.39, 0.29) is 29.4 Å². The summed E-state index contributed by atoms with van der Waals surface area (Å²) >= 11 is 0. The molecule has 4 heteroatoms. The van der Waals surface area contributed by atoms with E-state index in [9.17, 15) is 9.90 Å². The predicted octanol–water partition coefficient (Wildman–Crippen LogP) is 1.55. The van der Waals surface area contributed by atoms with Crippen LogP contribution in [0, 0.1) is 11.3 Å². The minimum absolute atomic E-state index is 0.0292. The fourth-order valence-electron chi connectivity index (χ4n) is 3.06. The normalized spacial score (nSPS) is 30.6. The molecule has 1 heterocycles. The Balaban J connectivity index is 1.63. The zero-order chi connectivity index (χ0) is 14.3. The Morgan fingerprint density at radius 3 is 2.85 bits per heavy atom. The highest BCUT2D eigenvalue weighted by atomic mass is 16.3. The van der Waals surface area contributed by atoms with Crippen LogP contribution < -0.4 is 10.6 Å². The van der Waals surface area contributed by atoms with E-state index in [4.69, 9.17) is 0 Å². The second-order valence-electron chi connectivity index (χ2n) is 6.57. The van der Waals surface area contributed by atoms with Crippen LogP contribution >= 0.6 is 0 Å². The molecule has 0 aromatic heterocycles. The maximum absolute atomic E-state index is 12.4. The summed E-state index contributed by atoms with van der Waals surface area (Å²) in [6.07, 6.45) is 1.14. The van der Waals surface area contributed by atoms with Gasteiger partial charge in [-0.05, 0) is 24.5 Å². The van der Waals surface area contributed by atoms with Crippen molar-refractivity contribution >= 4 is 11.6 Å². The molecule has 1 aliphatic heterocycles. The second kappa shape index (κ2) is 4.77. The third kappa shape index (κ3) is 2.18. The first-order chi connectivity index (χ1) is 9.48. The molecule has 20 heavy (non-hydrogen) atoms. The van der Waals surface area contributed by atoms with Gasteiger partial charge in [0.1, 0.15) is 0 Å². The van der Waals surface area contributed by atoms with E-state index in [1.807, 2.05) is 26.0 Å². The van der Waals surface area contributed by atoms with E-state index in [0.717, 1.165) is 12.1 Å². The van der Waals surface area contributed by atoms with Crippen molar-refractivity contribution in [3.63, 3.8) is 0 Å². The zero-order valence-electron chi connectivity index (χ0n) is 12.0. The minimum atomic E-state index is -0.307. The minimum Gasteiger partial charge on any atom is -0.392 e. The van der Waals surface area contributed by atoms with Crippen LogP contribution in [0.4, 0.5) is 5.69 Å². The highest BCUT2D eigenvalue weighted by Crippen LogP contribution is 2.40. The number of aliphatic hydroxyl groups excluding tert-OH is 1. The van der Waals surface area contributed by atoms with Crippen LogP contribution in [0.5, 0.6) is 0 Å². The van der Waals surface area contributed by atoms with Crippen LogP contribution in [-0.2, 0) is 11.2 Å². The zero-order valence-corrected chi connectivity index (χ0v) is 12.0. The number of hydrogen-bond acceptors (Lipinski definition) is 3. The number of aliphatic hydroxyl groups is 1. The Bertz CT molecular complexity index is 527. The Morgan fingerprint density at radius 1 is 1.40 bits per heavy atom. The van der Waals surface area contributed by atoms with Crippen LogP contribution in [-0.4, -0.2) is 29.7 Å². The number of rotatable bonds is 2. The van der Waals surface area contributed by atoms with Crippen molar-refractivity contribution in [3.8, 4) is 0 Å². The molecule has 0 spiro atoms. The molecule has 0 bridgehead atoms. The number of benzene rings is 1. The van der Waals surface area contributed by atoms with Gasteiger partial charge in [-0.3, -0.25) is 4.79 Å². The highest BCUT2D eigenvalue weighted by molar-refractivity contribution is 5.81. The molecular weight excluding hydrogens is 252 g/mol. The lowest BCUT2D eigenvalue weighted by molar-refractivity contribution is -0.132. The first kappa shape index (κ1) is 13.4.